The molecule has 2 N–H and O–H groups in total. The van der Waals surface area contributed by atoms with E-state index in [2.05, 4.69) is 0 Å². The van der Waals surface area contributed by atoms with E-state index >= 15 is 0 Å². The van der Waals surface area contributed by atoms with Gasteiger partial charge in [-0.15, -0.1) is 22.7 Å². The molecule has 2 rings (SSSR count). The Morgan fingerprint density at radius 1 is 1.21 bits per heavy atom. The number of sulfonamides is 1. The van der Waals surface area contributed by atoms with E-state index in [9.17, 15) is 8.42 Å². The lowest BCUT2D eigenvalue weighted by atomic mass is 10.5. The van der Waals surface area contributed by atoms with E-state index in [-0.39, 0.29) is 0 Å². The van der Waals surface area contributed by atoms with Gasteiger partial charge in [-0.1, -0.05) is 11.6 Å². The average molecular weight is 337 g/mol. The number of nitrogens with two attached hydrogens (primary N) is 1. The summed E-state index contributed by atoms with van der Waals surface area (Å²) >= 11 is 8.42. The Morgan fingerprint density at radius 2 is 1.89 bits per heavy atom. The second kappa shape index (κ2) is 5.90. The fraction of sp³-hybridized carbons (Fsp3) is 0.273. The lowest BCUT2D eigenvalue weighted by Crippen LogP contribution is -2.25. The molecule has 2 aromatic rings. The molecule has 2 aromatic heterocycles. The minimum atomic E-state index is -3.46. The van der Waals surface area contributed by atoms with Crippen LogP contribution in [0.4, 0.5) is 0 Å². The molecule has 19 heavy (non-hydrogen) atoms. The van der Waals surface area contributed by atoms with E-state index in [1.807, 2.05) is 6.07 Å². The standard InChI is InChI=1S/C11H13ClN2O2S3/c1-14(7-9-2-4-10(12)17-9)19(15,16)11-5-3-8(6-13)18-11/h2-5H,6-7,13H2,1H3. The first kappa shape index (κ1) is 15.0. The maximum Gasteiger partial charge on any atom is 0.252 e. The highest BCUT2D eigenvalue weighted by molar-refractivity contribution is 7.91. The number of hydrogen-bond donors (Lipinski definition) is 1. The third-order valence-electron chi connectivity index (χ3n) is 2.51. The smallest absolute Gasteiger partial charge is 0.252 e. The van der Waals surface area contributed by atoms with E-state index in [1.165, 1.54) is 27.0 Å². The Labute approximate surface area is 125 Å². The monoisotopic (exact) mass is 336 g/mol. The Hall–Kier alpha value is -0.440. The zero-order valence-corrected chi connectivity index (χ0v) is 13.4. The van der Waals surface area contributed by atoms with Crippen molar-refractivity contribution < 1.29 is 8.42 Å². The van der Waals surface area contributed by atoms with Gasteiger partial charge in [0.2, 0.25) is 0 Å². The van der Waals surface area contributed by atoms with E-state index < -0.39 is 10.0 Å². The minimum absolute atomic E-state index is 0.315. The maximum absolute atomic E-state index is 12.3. The maximum atomic E-state index is 12.3. The molecule has 0 spiro atoms. The molecule has 2 heterocycles. The second-order valence-electron chi connectivity index (χ2n) is 3.89. The molecule has 0 unspecified atom stereocenters. The highest BCUT2D eigenvalue weighted by Crippen LogP contribution is 2.27. The second-order valence-corrected chi connectivity index (χ2v) is 9.13. The average Bonchev–Trinajstić information content (AvgIpc) is 2.98. The van der Waals surface area contributed by atoms with Gasteiger partial charge in [-0.3, -0.25) is 0 Å². The number of rotatable bonds is 5. The normalized spacial score (nSPS) is 12.2. The third-order valence-corrected chi connectivity index (χ3v) is 7.10. The first-order chi connectivity index (χ1) is 8.93. The molecule has 0 saturated carbocycles. The van der Waals surface area contributed by atoms with Gasteiger partial charge in [-0.2, -0.15) is 4.31 Å². The van der Waals surface area contributed by atoms with Crippen LogP contribution < -0.4 is 5.73 Å². The molecular weight excluding hydrogens is 324 g/mol. The summed E-state index contributed by atoms with van der Waals surface area (Å²) in [6.07, 6.45) is 0. The summed E-state index contributed by atoms with van der Waals surface area (Å²) in [7, 11) is -1.90. The fourth-order valence-electron chi connectivity index (χ4n) is 1.50. The molecular formula is C11H13ClN2O2S3. The van der Waals surface area contributed by atoms with E-state index in [0.717, 1.165) is 9.75 Å². The van der Waals surface area contributed by atoms with Crippen LogP contribution in [0.3, 0.4) is 0 Å². The van der Waals surface area contributed by atoms with Crippen LogP contribution in [0.5, 0.6) is 0 Å². The van der Waals surface area contributed by atoms with Crippen LogP contribution in [0.1, 0.15) is 9.75 Å². The summed E-state index contributed by atoms with van der Waals surface area (Å²) in [5.74, 6) is 0. The van der Waals surface area contributed by atoms with Gasteiger partial charge in [-0.05, 0) is 24.3 Å². The van der Waals surface area contributed by atoms with Gasteiger partial charge >= 0.3 is 0 Å². The number of thiophene rings is 2. The largest absolute Gasteiger partial charge is 0.326 e. The van der Waals surface area contributed by atoms with Crippen LogP contribution in [-0.4, -0.2) is 19.8 Å². The molecule has 4 nitrogen and oxygen atoms in total. The molecule has 0 aliphatic heterocycles. The Morgan fingerprint density at radius 3 is 2.42 bits per heavy atom. The zero-order chi connectivity index (χ0) is 14.0. The first-order valence-corrected chi connectivity index (χ1v) is 8.88. The van der Waals surface area contributed by atoms with E-state index in [1.54, 1.807) is 25.2 Å². The van der Waals surface area contributed by atoms with Gasteiger partial charge in [0.25, 0.3) is 10.0 Å². The van der Waals surface area contributed by atoms with Gasteiger partial charge in [0.15, 0.2) is 0 Å². The zero-order valence-electron chi connectivity index (χ0n) is 10.2. The van der Waals surface area contributed by atoms with Crippen LogP contribution in [0.25, 0.3) is 0 Å². The Bertz CT molecular complexity index is 663. The fourth-order valence-corrected chi connectivity index (χ4v) is 5.32. The number of halogens is 1. The predicted octanol–water partition coefficient (Wildman–Crippen LogP) is 2.74. The van der Waals surface area contributed by atoms with Crippen molar-refractivity contribution in [2.45, 2.75) is 17.3 Å². The van der Waals surface area contributed by atoms with Crippen molar-refractivity contribution in [3.63, 3.8) is 0 Å². The van der Waals surface area contributed by atoms with Crippen molar-refractivity contribution in [1.82, 2.24) is 4.31 Å². The van der Waals surface area contributed by atoms with Crippen LogP contribution in [0.15, 0.2) is 28.5 Å². The van der Waals surface area contributed by atoms with Crippen molar-refractivity contribution in [3.8, 4) is 0 Å². The van der Waals surface area contributed by atoms with Gasteiger partial charge in [-0.25, -0.2) is 8.42 Å². The molecule has 0 aliphatic rings. The topological polar surface area (TPSA) is 63.4 Å². The lowest BCUT2D eigenvalue weighted by molar-refractivity contribution is 0.471. The number of hydrogen-bond acceptors (Lipinski definition) is 5. The Kier molecular flexibility index (Phi) is 4.65. The molecule has 0 saturated heterocycles. The molecule has 8 heteroatoms. The molecule has 0 bridgehead atoms. The molecule has 0 aliphatic carbocycles. The van der Waals surface area contributed by atoms with Crippen molar-refractivity contribution in [1.29, 1.82) is 0 Å². The van der Waals surface area contributed by atoms with Crippen molar-refractivity contribution >= 4 is 44.3 Å². The highest BCUT2D eigenvalue weighted by Gasteiger charge is 2.23. The van der Waals surface area contributed by atoms with Gasteiger partial charge in [0.1, 0.15) is 4.21 Å². The lowest BCUT2D eigenvalue weighted by Gasteiger charge is -2.14. The minimum Gasteiger partial charge on any atom is -0.326 e. The SMILES string of the molecule is CN(Cc1ccc(Cl)s1)S(=O)(=O)c1ccc(CN)s1. The van der Waals surface area contributed by atoms with Gasteiger partial charge in [0, 0.05) is 29.9 Å². The molecule has 0 aromatic carbocycles. The Balaban J connectivity index is 2.19. The van der Waals surface area contributed by atoms with Crippen LogP contribution >= 0.6 is 34.3 Å². The van der Waals surface area contributed by atoms with Gasteiger partial charge in [0.05, 0.1) is 4.34 Å². The molecule has 0 atom stereocenters. The van der Waals surface area contributed by atoms with Crippen molar-refractivity contribution in [3.05, 3.63) is 38.4 Å². The summed E-state index contributed by atoms with van der Waals surface area (Å²) in [4.78, 5) is 1.76. The van der Waals surface area contributed by atoms with E-state index in [4.69, 9.17) is 17.3 Å². The number of nitrogens with zero attached hydrogens (tertiary/aromatic N) is 1. The van der Waals surface area contributed by atoms with Gasteiger partial charge < -0.3 is 5.73 Å². The predicted molar refractivity (Wildman–Crippen MR) is 80.2 cm³/mol. The van der Waals surface area contributed by atoms with E-state index in [0.29, 0.717) is 21.6 Å². The van der Waals surface area contributed by atoms with Crippen molar-refractivity contribution in [2.75, 3.05) is 7.05 Å². The van der Waals surface area contributed by atoms with Crippen molar-refractivity contribution in [2.24, 2.45) is 5.73 Å². The summed E-state index contributed by atoms with van der Waals surface area (Å²) < 4.78 is 27.0. The van der Waals surface area contributed by atoms with Crippen LogP contribution in [0.2, 0.25) is 4.34 Å². The summed E-state index contributed by atoms with van der Waals surface area (Å²) in [5.41, 5.74) is 5.50. The molecule has 0 amide bonds. The summed E-state index contributed by atoms with van der Waals surface area (Å²) in [5, 5.41) is 0. The summed E-state index contributed by atoms with van der Waals surface area (Å²) in [6, 6.07) is 6.94. The summed E-state index contributed by atoms with van der Waals surface area (Å²) in [6.45, 7) is 0.667. The first-order valence-electron chi connectivity index (χ1n) is 5.43. The molecule has 104 valence electrons. The van der Waals surface area contributed by atoms with Crippen LogP contribution in [-0.2, 0) is 23.1 Å². The quantitative estimate of drug-likeness (QED) is 0.913. The van der Waals surface area contributed by atoms with Crippen LogP contribution in [0, 0.1) is 0 Å². The third kappa shape index (κ3) is 3.36. The molecule has 0 fully saturated rings. The highest BCUT2D eigenvalue weighted by atomic mass is 35.5. The molecule has 0 radical (unpaired) electrons.